The SMILES string of the molecule is CCC(C(=O)OC)C(O)c1cc(F)cc(Cl)c1. The molecule has 0 aromatic heterocycles. The molecule has 0 saturated carbocycles. The van der Waals surface area contributed by atoms with E-state index in [2.05, 4.69) is 4.74 Å². The maximum atomic E-state index is 13.1. The Bertz CT molecular complexity index is 388. The third kappa shape index (κ3) is 3.41. The van der Waals surface area contributed by atoms with Crippen LogP contribution in [0.15, 0.2) is 18.2 Å². The monoisotopic (exact) mass is 260 g/mol. The van der Waals surface area contributed by atoms with Gasteiger partial charge in [-0.1, -0.05) is 18.5 Å². The van der Waals surface area contributed by atoms with Gasteiger partial charge in [-0.15, -0.1) is 0 Å². The molecule has 1 rings (SSSR count). The first kappa shape index (κ1) is 13.9. The molecule has 0 fully saturated rings. The Hall–Kier alpha value is -1.13. The number of ether oxygens (including phenoxy) is 1. The van der Waals surface area contributed by atoms with Crippen LogP contribution in [0.25, 0.3) is 0 Å². The molecular formula is C12H14ClFO3. The van der Waals surface area contributed by atoms with Crippen LogP contribution < -0.4 is 0 Å². The maximum Gasteiger partial charge on any atom is 0.311 e. The Kier molecular flexibility index (Phi) is 4.90. The standard InChI is InChI=1S/C12H14ClFO3/c1-3-10(12(16)17-2)11(15)7-4-8(13)6-9(14)5-7/h4-6,10-11,15H,3H2,1-2H3. The number of hydrogen-bond donors (Lipinski definition) is 1. The van der Waals surface area contributed by atoms with Crippen LogP contribution in [0.3, 0.4) is 0 Å². The summed E-state index contributed by atoms with van der Waals surface area (Å²) in [6, 6.07) is 3.72. The van der Waals surface area contributed by atoms with Gasteiger partial charge in [0, 0.05) is 5.02 Å². The fourth-order valence-corrected chi connectivity index (χ4v) is 1.88. The molecule has 2 atom stereocenters. The number of halogens is 2. The predicted octanol–water partition coefficient (Wildman–Crippen LogP) is 2.71. The van der Waals surface area contributed by atoms with Crippen LogP contribution in [0, 0.1) is 11.7 Å². The second kappa shape index (κ2) is 5.98. The first-order valence-electron chi connectivity index (χ1n) is 5.21. The van der Waals surface area contributed by atoms with Gasteiger partial charge in [0.15, 0.2) is 0 Å². The molecule has 3 nitrogen and oxygen atoms in total. The van der Waals surface area contributed by atoms with Crippen LogP contribution in [-0.2, 0) is 9.53 Å². The second-order valence-corrected chi connectivity index (χ2v) is 4.12. The van der Waals surface area contributed by atoms with E-state index in [1.165, 1.54) is 13.2 Å². The molecule has 0 aliphatic rings. The fraction of sp³-hybridized carbons (Fsp3) is 0.417. The first-order valence-corrected chi connectivity index (χ1v) is 5.59. The van der Waals surface area contributed by atoms with Crippen LogP contribution in [0.1, 0.15) is 25.0 Å². The van der Waals surface area contributed by atoms with Crippen molar-refractivity contribution < 1.29 is 19.0 Å². The maximum absolute atomic E-state index is 13.1. The van der Waals surface area contributed by atoms with Crippen molar-refractivity contribution in [3.63, 3.8) is 0 Å². The number of esters is 1. The lowest BCUT2D eigenvalue weighted by atomic mass is 9.93. The summed E-state index contributed by atoms with van der Waals surface area (Å²) in [4.78, 5) is 11.4. The van der Waals surface area contributed by atoms with Gasteiger partial charge < -0.3 is 9.84 Å². The van der Waals surface area contributed by atoms with Gasteiger partial charge in [-0.2, -0.15) is 0 Å². The van der Waals surface area contributed by atoms with Crippen molar-refractivity contribution in [1.82, 2.24) is 0 Å². The van der Waals surface area contributed by atoms with E-state index in [0.717, 1.165) is 12.1 Å². The van der Waals surface area contributed by atoms with E-state index in [4.69, 9.17) is 11.6 Å². The highest BCUT2D eigenvalue weighted by atomic mass is 35.5. The van der Waals surface area contributed by atoms with Crippen molar-refractivity contribution >= 4 is 17.6 Å². The summed E-state index contributed by atoms with van der Waals surface area (Å²) >= 11 is 5.69. The van der Waals surface area contributed by atoms with E-state index in [1.54, 1.807) is 6.92 Å². The molecule has 0 bridgehead atoms. The minimum absolute atomic E-state index is 0.179. The number of carbonyl (C=O) groups is 1. The summed E-state index contributed by atoms with van der Waals surface area (Å²) in [7, 11) is 1.25. The van der Waals surface area contributed by atoms with E-state index in [-0.39, 0.29) is 10.6 Å². The highest BCUT2D eigenvalue weighted by molar-refractivity contribution is 6.30. The molecule has 2 unspecified atom stereocenters. The molecule has 1 aromatic carbocycles. The van der Waals surface area contributed by atoms with E-state index in [9.17, 15) is 14.3 Å². The van der Waals surface area contributed by atoms with E-state index in [0.29, 0.717) is 6.42 Å². The predicted molar refractivity (Wildman–Crippen MR) is 62.2 cm³/mol. The van der Waals surface area contributed by atoms with Crippen molar-refractivity contribution in [2.75, 3.05) is 7.11 Å². The van der Waals surface area contributed by atoms with Crippen LogP contribution in [-0.4, -0.2) is 18.2 Å². The third-order valence-corrected chi connectivity index (χ3v) is 2.77. The van der Waals surface area contributed by atoms with Gasteiger partial charge in [-0.3, -0.25) is 4.79 Å². The van der Waals surface area contributed by atoms with E-state index in [1.807, 2.05) is 0 Å². The van der Waals surface area contributed by atoms with Crippen LogP contribution in [0.5, 0.6) is 0 Å². The zero-order chi connectivity index (χ0) is 13.0. The molecule has 0 amide bonds. The summed E-state index contributed by atoms with van der Waals surface area (Å²) in [5, 5.41) is 10.2. The lowest BCUT2D eigenvalue weighted by molar-refractivity contribution is -0.149. The molecule has 0 aliphatic carbocycles. The highest BCUT2D eigenvalue weighted by Crippen LogP contribution is 2.28. The normalized spacial score (nSPS) is 14.2. The summed E-state index contributed by atoms with van der Waals surface area (Å²) in [6.07, 6.45) is -0.734. The lowest BCUT2D eigenvalue weighted by Gasteiger charge is -2.19. The van der Waals surface area contributed by atoms with Gasteiger partial charge in [0.05, 0.1) is 19.1 Å². The largest absolute Gasteiger partial charge is 0.469 e. The number of aliphatic hydroxyl groups is 1. The summed E-state index contributed by atoms with van der Waals surface area (Å²) in [5.41, 5.74) is 0.271. The number of carbonyl (C=O) groups excluding carboxylic acids is 1. The Morgan fingerprint density at radius 1 is 1.53 bits per heavy atom. The van der Waals surface area contributed by atoms with Gasteiger partial charge >= 0.3 is 5.97 Å². The van der Waals surface area contributed by atoms with Crippen molar-refractivity contribution in [2.24, 2.45) is 5.92 Å². The van der Waals surface area contributed by atoms with Crippen LogP contribution >= 0.6 is 11.6 Å². The third-order valence-electron chi connectivity index (χ3n) is 2.55. The molecule has 17 heavy (non-hydrogen) atoms. The average Bonchev–Trinajstić information content (AvgIpc) is 2.28. The number of methoxy groups -OCH3 is 1. The zero-order valence-electron chi connectivity index (χ0n) is 9.61. The Balaban J connectivity index is 3.01. The quantitative estimate of drug-likeness (QED) is 0.847. The molecule has 1 aromatic rings. The molecule has 0 heterocycles. The minimum atomic E-state index is -1.12. The molecule has 0 saturated heterocycles. The molecule has 5 heteroatoms. The zero-order valence-corrected chi connectivity index (χ0v) is 10.4. The Morgan fingerprint density at radius 2 is 2.18 bits per heavy atom. The van der Waals surface area contributed by atoms with Gasteiger partial charge in [-0.05, 0) is 30.2 Å². The summed E-state index contributed by atoms with van der Waals surface area (Å²) in [5.74, 6) is -1.80. The smallest absolute Gasteiger partial charge is 0.311 e. The van der Waals surface area contributed by atoms with Gasteiger partial charge in [0.2, 0.25) is 0 Å². The van der Waals surface area contributed by atoms with Crippen molar-refractivity contribution in [2.45, 2.75) is 19.4 Å². The molecular weight excluding hydrogens is 247 g/mol. The van der Waals surface area contributed by atoms with Gasteiger partial charge in [-0.25, -0.2) is 4.39 Å². The lowest BCUT2D eigenvalue weighted by Crippen LogP contribution is -2.23. The van der Waals surface area contributed by atoms with Gasteiger partial charge in [0.1, 0.15) is 5.82 Å². The summed E-state index contributed by atoms with van der Waals surface area (Å²) in [6.45, 7) is 1.74. The Morgan fingerprint density at radius 3 is 2.65 bits per heavy atom. The molecule has 1 N–H and O–H groups in total. The number of aliphatic hydroxyl groups excluding tert-OH is 1. The first-order chi connectivity index (χ1) is 7.99. The van der Waals surface area contributed by atoms with Crippen LogP contribution in [0.2, 0.25) is 5.02 Å². The number of hydrogen-bond acceptors (Lipinski definition) is 3. The average molecular weight is 261 g/mol. The molecule has 94 valence electrons. The van der Waals surface area contributed by atoms with Crippen molar-refractivity contribution in [3.05, 3.63) is 34.6 Å². The van der Waals surface area contributed by atoms with Crippen molar-refractivity contribution in [1.29, 1.82) is 0 Å². The fourth-order valence-electron chi connectivity index (χ4n) is 1.65. The second-order valence-electron chi connectivity index (χ2n) is 3.69. The molecule has 0 radical (unpaired) electrons. The molecule has 0 spiro atoms. The van der Waals surface area contributed by atoms with Crippen LogP contribution in [0.4, 0.5) is 4.39 Å². The van der Waals surface area contributed by atoms with E-state index >= 15 is 0 Å². The summed E-state index contributed by atoms with van der Waals surface area (Å²) < 4.78 is 17.7. The van der Waals surface area contributed by atoms with Crippen molar-refractivity contribution in [3.8, 4) is 0 Å². The van der Waals surface area contributed by atoms with Gasteiger partial charge in [0.25, 0.3) is 0 Å². The number of benzene rings is 1. The number of rotatable bonds is 4. The van der Waals surface area contributed by atoms with E-state index < -0.39 is 23.8 Å². The molecule has 0 aliphatic heterocycles. The topological polar surface area (TPSA) is 46.5 Å². The highest BCUT2D eigenvalue weighted by Gasteiger charge is 2.27. The Labute approximate surface area is 104 Å². The minimum Gasteiger partial charge on any atom is -0.469 e.